The molecule has 0 N–H and O–H groups in total. The number of carbonyl (C=O) groups excluding carboxylic acids is 4. The number of anilines is 2. The monoisotopic (exact) mass is 1080 g/mol. The average molecular weight is 1090 g/mol. The Morgan fingerprint density at radius 1 is 0.521 bits per heavy atom. The predicted molar refractivity (Wildman–Crippen MR) is 298 cm³/mol. The fourth-order valence-corrected chi connectivity index (χ4v) is 13.2. The first-order valence-electron chi connectivity index (χ1n) is 26.2. The fraction of sp³-hybridized carbons (Fsp3) is 0.698. The van der Waals surface area contributed by atoms with Gasteiger partial charge in [-0.3, -0.25) is 29.0 Å². The summed E-state index contributed by atoms with van der Waals surface area (Å²) in [6.45, 7) is 37.4. The van der Waals surface area contributed by atoms with Gasteiger partial charge in [0.05, 0.1) is 62.1 Å². The van der Waals surface area contributed by atoms with E-state index in [2.05, 4.69) is 107 Å². The summed E-state index contributed by atoms with van der Waals surface area (Å²) in [5.74, 6) is 0.425. The Labute approximate surface area is 440 Å². The lowest BCUT2D eigenvalue weighted by Gasteiger charge is -2.38. The molecule has 4 heterocycles. The van der Waals surface area contributed by atoms with Gasteiger partial charge in [-0.2, -0.15) is 0 Å². The quantitative estimate of drug-likeness (QED) is 0.0814. The normalized spacial score (nSPS) is 21.0. The van der Waals surface area contributed by atoms with E-state index in [0.717, 1.165) is 12.1 Å². The highest BCUT2D eigenvalue weighted by atomic mass is 28.4. The van der Waals surface area contributed by atoms with E-state index in [1.165, 1.54) is 14.2 Å². The summed E-state index contributed by atoms with van der Waals surface area (Å²) in [7, 11) is -4.22. The Balaban J connectivity index is 1.21. The summed E-state index contributed by atoms with van der Waals surface area (Å²) in [4.78, 5) is 64.9. The molecule has 2 fully saturated rings. The number of fused-ring (bicyclic) bond motifs is 4. The zero-order valence-corrected chi connectivity index (χ0v) is 51.5. The van der Waals surface area contributed by atoms with E-state index in [9.17, 15) is 19.2 Å². The summed E-state index contributed by atoms with van der Waals surface area (Å²) >= 11 is 0. The average Bonchev–Trinajstić information content (AvgIpc) is 3.87. The van der Waals surface area contributed by atoms with Gasteiger partial charge in [0, 0.05) is 73.8 Å². The van der Waals surface area contributed by atoms with Gasteiger partial charge in [-0.25, -0.2) is 0 Å². The molecule has 2 aromatic carbocycles. The highest BCUT2D eigenvalue weighted by molar-refractivity contribution is 6.76. The second-order valence-corrected chi connectivity index (χ2v) is 46.5. The first-order chi connectivity index (χ1) is 33.8. The van der Waals surface area contributed by atoms with Crippen molar-refractivity contribution in [3.05, 3.63) is 35.4 Å². The lowest BCUT2D eigenvalue weighted by molar-refractivity contribution is -0.124. The summed E-state index contributed by atoms with van der Waals surface area (Å²) in [5, 5.41) is -0.0735. The first kappa shape index (κ1) is 58.5. The molecule has 2 saturated heterocycles. The molecule has 4 aliphatic rings. The summed E-state index contributed by atoms with van der Waals surface area (Å²) in [6.07, 6.45) is 0.660. The Bertz CT molecular complexity index is 2180. The molecule has 0 aromatic heterocycles. The molecule has 2 aromatic rings. The molecule has 2 unspecified atom stereocenters. The zero-order valence-electron chi connectivity index (χ0n) is 47.5. The van der Waals surface area contributed by atoms with E-state index < -0.39 is 44.9 Å². The molecule has 4 aliphatic heterocycles. The van der Waals surface area contributed by atoms with Gasteiger partial charge in [-0.05, 0) is 60.5 Å². The van der Waals surface area contributed by atoms with Crippen LogP contribution in [0.1, 0.15) is 81.5 Å². The molecule has 0 saturated carbocycles. The van der Waals surface area contributed by atoms with Crippen LogP contribution in [0.25, 0.3) is 0 Å². The summed E-state index contributed by atoms with van der Waals surface area (Å²) < 4.78 is 50.4. The van der Waals surface area contributed by atoms with Crippen LogP contribution >= 0.6 is 0 Å². The van der Waals surface area contributed by atoms with Crippen LogP contribution in [0.5, 0.6) is 23.0 Å². The number of methoxy groups -OCH3 is 2. The number of rotatable bonds is 22. The van der Waals surface area contributed by atoms with Crippen molar-refractivity contribution >= 4 is 67.8 Å². The van der Waals surface area contributed by atoms with Crippen LogP contribution < -0.4 is 28.7 Å². The highest BCUT2D eigenvalue weighted by Crippen LogP contribution is 2.45. The third kappa shape index (κ3) is 13.6. The van der Waals surface area contributed by atoms with Crippen molar-refractivity contribution in [3.8, 4) is 23.0 Å². The molecule has 0 bridgehead atoms. The maximum atomic E-state index is 14.7. The van der Waals surface area contributed by atoms with Crippen LogP contribution in [0, 0.1) is 0 Å². The van der Waals surface area contributed by atoms with Gasteiger partial charge in [0.1, 0.15) is 25.5 Å². The second-order valence-electron chi connectivity index (χ2n) is 25.7. The molecule has 4 atom stereocenters. The Morgan fingerprint density at radius 3 is 1.19 bits per heavy atom. The molecule has 4 amide bonds. The smallest absolute Gasteiger partial charge is 0.256 e. The van der Waals surface area contributed by atoms with Crippen molar-refractivity contribution in [2.24, 2.45) is 0 Å². The van der Waals surface area contributed by atoms with Gasteiger partial charge in [-0.1, -0.05) is 80.8 Å². The van der Waals surface area contributed by atoms with Gasteiger partial charge in [0.2, 0.25) is 0 Å². The molecule has 0 aliphatic carbocycles. The predicted octanol–water partition coefficient (Wildman–Crippen LogP) is 10.1. The van der Waals surface area contributed by atoms with Crippen LogP contribution in [0.15, 0.2) is 24.3 Å². The molecule has 408 valence electrons. The molecular weight excluding hydrogens is 997 g/mol. The Morgan fingerprint density at radius 2 is 0.877 bits per heavy atom. The summed E-state index contributed by atoms with van der Waals surface area (Å²) in [5.41, 5.74) is 1.46. The SMILES string of the molecule is COc1cc2c(cc1OCCCOc1cc3c(cc1OC)C(=O)N1CC(O[Si](C)(C)C(C)(C)C)C[C@H]1C(=O)N3COCC[Si](C)(C)C)N(COCC[Si](C)(C)C)C(=O)[C@@H]1CC(O[Si](C)(C)C(C)(C)C)CN1C2=O. The minimum absolute atomic E-state index is 0.0199. The van der Waals surface area contributed by atoms with E-state index in [1.54, 1.807) is 43.9 Å². The summed E-state index contributed by atoms with van der Waals surface area (Å²) in [6, 6.07) is 7.14. The third-order valence-corrected chi connectivity index (χ3v) is 28.0. The molecule has 0 spiro atoms. The molecular formula is C53H88N4O12Si4. The van der Waals surface area contributed by atoms with Gasteiger partial charge < -0.3 is 47.1 Å². The van der Waals surface area contributed by atoms with E-state index in [4.69, 9.17) is 37.3 Å². The van der Waals surface area contributed by atoms with Crippen LogP contribution in [0.4, 0.5) is 11.4 Å². The Hall–Kier alpha value is -3.77. The largest absolute Gasteiger partial charge is 0.493 e. The topological polar surface area (TPSA) is 155 Å². The lowest BCUT2D eigenvalue weighted by Crippen LogP contribution is -2.45. The number of hydrogen-bond acceptors (Lipinski definition) is 12. The highest BCUT2D eigenvalue weighted by Gasteiger charge is 2.51. The van der Waals surface area contributed by atoms with E-state index >= 15 is 0 Å². The van der Waals surface area contributed by atoms with Crippen molar-refractivity contribution in [1.29, 1.82) is 0 Å². The second kappa shape index (κ2) is 22.4. The number of hydrogen-bond donors (Lipinski definition) is 0. The zero-order chi connectivity index (χ0) is 54.2. The maximum Gasteiger partial charge on any atom is 0.256 e. The van der Waals surface area contributed by atoms with Crippen LogP contribution in [-0.2, 0) is 27.9 Å². The first-order valence-corrected chi connectivity index (χ1v) is 39.5. The molecule has 6 rings (SSSR count). The van der Waals surface area contributed by atoms with Gasteiger partial charge in [-0.15, -0.1) is 0 Å². The number of benzene rings is 2. The van der Waals surface area contributed by atoms with E-state index in [1.807, 2.05) is 0 Å². The van der Waals surface area contributed by atoms with Crippen molar-refractivity contribution in [2.45, 2.75) is 173 Å². The number of ether oxygens (including phenoxy) is 6. The lowest BCUT2D eigenvalue weighted by atomic mass is 10.1. The molecule has 0 radical (unpaired) electrons. The van der Waals surface area contributed by atoms with Crippen LogP contribution in [0.3, 0.4) is 0 Å². The van der Waals surface area contributed by atoms with Crippen molar-refractivity contribution in [1.82, 2.24) is 9.80 Å². The molecule has 20 heteroatoms. The van der Waals surface area contributed by atoms with Gasteiger partial charge in [0.15, 0.2) is 39.6 Å². The van der Waals surface area contributed by atoms with Crippen molar-refractivity contribution in [3.63, 3.8) is 0 Å². The van der Waals surface area contributed by atoms with Crippen LogP contribution in [-0.4, -0.2) is 158 Å². The van der Waals surface area contributed by atoms with Gasteiger partial charge >= 0.3 is 0 Å². The fourth-order valence-electron chi connectivity index (χ4n) is 8.97. The number of amides is 4. The van der Waals surface area contributed by atoms with E-state index in [0.29, 0.717) is 91.1 Å². The third-order valence-electron chi connectivity index (χ3n) is 15.5. The minimum atomic E-state index is -2.20. The van der Waals surface area contributed by atoms with Crippen molar-refractivity contribution < 1.29 is 56.5 Å². The van der Waals surface area contributed by atoms with Gasteiger partial charge in [0.25, 0.3) is 23.6 Å². The molecule has 73 heavy (non-hydrogen) atoms. The molecule has 16 nitrogen and oxygen atoms in total. The minimum Gasteiger partial charge on any atom is -0.493 e. The maximum absolute atomic E-state index is 14.7. The van der Waals surface area contributed by atoms with Crippen LogP contribution in [0.2, 0.25) is 87.6 Å². The number of carbonyl (C=O) groups is 4. The standard InChI is InChI=1S/C53H88N4O12Si4/c1-52(2,3)72(15,16)68-36-26-42-50(60)56(34-64-22-24-70(9,10)11)40-30-46(44(62-7)28-38(40)48(58)54(42)32-36)66-20-19-21-67-47-31-41-39(29-45(47)63-8)49(59)55-33-37(69-73(17,18)53(4,5)6)27-43(55)51(61)57(41)35-65-23-25-71(12,13)14/h28-31,36-37,42-43H,19-27,32-35H2,1-18H3/t36?,37?,42-,43-/m0/s1. The van der Waals surface area contributed by atoms with Crippen molar-refractivity contribution in [2.75, 3.05) is 77.0 Å². The number of nitrogens with zero attached hydrogens (tertiary/aromatic N) is 4. The van der Waals surface area contributed by atoms with E-state index in [-0.39, 0.29) is 72.6 Å². The Kier molecular flexibility index (Phi) is 18.0.